The zero-order valence-corrected chi connectivity index (χ0v) is 14.2. The van der Waals surface area contributed by atoms with Crippen LogP contribution in [0.4, 0.5) is 0 Å². The van der Waals surface area contributed by atoms with Gasteiger partial charge in [-0.3, -0.25) is 4.79 Å². The molecule has 1 saturated heterocycles. The Bertz CT molecular complexity index is 435. The average Bonchev–Trinajstić information content (AvgIpc) is 2.42. The number of rotatable bonds is 7. The third kappa shape index (κ3) is 6.32. The number of unbranched alkanes of at least 4 members (excludes halogenated alkanes) is 1. The van der Waals surface area contributed by atoms with Gasteiger partial charge in [-0.1, -0.05) is 13.3 Å². The highest BCUT2D eigenvalue weighted by Gasteiger charge is 2.30. The fourth-order valence-corrected chi connectivity index (χ4v) is 3.99. The van der Waals surface area contributed by atoms with E-state index in [-0.39, 0.29) is 17.6 Å². The van der Waals surface area contributed by atoms with Gasteiger partial charge < -0.3 is 11.1 Å². The van der Waals surface area contributed by atoms with Crippen LogP contribution in [0.25, 0.3) is 0 Å². The summed E-state index contributed by atoms with van der Waals surface area (Å²) in [7, 11) is -3.15. The van der Waals surface area contributed by atoms with Crippen molar-refractivity contribution < 1.29 is 13.2 Å². The predicted octanol–water partition coefficient (Wildman–Crippen LogP) is 0.682. The van der Waals surface area contributed by atoms with Crippen LogP contribution in [0.3, 0.4) is 0 Å². The van der Waals surface area contributed by atoms with Crippen LogP contribution in [0, 0.1) is 5.92 Å². The van der Waals surface area contributed by atoms with Gasteiger partial charge in [0.1, 0.15) is 0 Å². The van der Waals surface area contributed by atoms with Gasteiger partial charge in [0.15, 0.2) is 0 Å². The molecule has 0 aromatic carbocycles. The summed E-state index contributed by atoms with van der Waals surface area (Å²) < 4.78 is 25.7. The van der Waals surface area contributed by atoms with Crippen LogP contribution in [-0.2, 0) is 14.8 Å². The smallest absolute Gasteiger partial charge is 0.223 e. The van der Waals surface area contributed by atoms with Gasteiger partial charge in [0, 0.05) is 31.1 Å². The number of hydrogen-bond acceptors (Lipinski definition) is 4. The Kier molecular flexibility index (Phi) is 6.62. The second-order valence-corrected chi connectivity index (χ2v) is 8.64. The van der Waals surface area contributed by atoms with Crippen molar-refractivity contribution in [2.75, 3.05) is 25.4 Å². The molecule has 21 heavy (non-hydrogen) atoms. The van der Waals surface area contributed by atoms with Gasteiger partial charge in [-0.15, -0.1) is 0 Å². The van der Waals surface area contributed by atoms with Crippen molar-refractivity contribution in [2.24, 2.45) is 11.7 Å². The van der Waals surface area contributed by atoms with Crippen LogP contribution in [0.2, 0.25) is 0 Å². The van der Waals surface area contributed by atoms with Crippen LogP contribution >= 0.6 is 0 Å². The summed E-state index contributed by atoms with van der Waals surface area (Å²) in [6.07, 6.45) is 2.73. The lowest BCUT2D eigenvalue weighted by atomic mass is 9.96. The molecule has 0 bridgehead atoms. The van der Waals surface area contributed by atoms with Crippen molar-refractivity contribution in [3.05, 3.63) is 0 Å². The van der Waals surface area contributed by atoms with E-state index in [9.17, 15) is 13.2 Å². The first-order chi connectivity index (χ1) is 9.65. The summed E-state index contributed by atoms with van der Waals surface area (Å²) in [5.74, 6) is 0.0888. The second-order valence-electron chi connectivity index (χ2n) is 6.55. The number of nitrogens with two attached hydrogens (primary N) is 1. The van der Waals surface area contributed by atoms with Crippen LogP contribution in [0.5, 0.6) is 0 Å². The largest absolute Gasteiger partial charge is 0.354 e. The first-order valence-electron chi connectivity index (χ1n) is 7.70. The van der Waals surface area contributed by atoms with E-state index in [0.29, 0.717) is 38.9 Å². The van der Waals surface area contributed by atoms with Crippen molar-refractivity contribution in [3.63, 3.8) is 0 Å². The molecule has 0 radical (unpaired) electrons. The molecule has 6 nitrogen and oxygen atoms in total. The van der Waals surface area contributed by atoms with Gasteiger partial charge in [0.2, 0.25) is 15.9 Å². The summed E-state index contributed by atoms with van der Waals surface area (Å²) in [4.78, 5) is 12.0. The maximum Gasteiger partial charge on any atom is 0.223 e. The quantitative estimate of drug-likeness (QED) is 0.722. The van der Waals surface area contributed by atoms with Gasteiger partial charge in [-0.05, 0) is 33.1 Å². The van der Waals surface area contributed by atoms with Crippen LogP contribution in [-0.4, -0.2) is 49.6 Å². The maximum absolute atomic E-state index is 12.1. The van der Waals surface area contributed by atoms with E-state index in [1.54, 1.807) is 0 Å². The molecule has 0 atom stereocenters. The van der Waals surface area contributed by atoms with E-state index in [1.165, 1.54) is 4.31 Å². The normalized spacial score (nSPS) is 18.7. The number of carbonyl (C=O) groups is 1. The van der Waals surface area contributed by atoms with E-state index in [4.69, 9.17) is 5.73 Å². The molecule has 124 valence electrons. The minimum absolute atomic E-state index is 0.0147. The van der Waals surface area contributed by atoms with Gasteiger partial charge in [0.05, 0.1) is 5.75 Å². The number of nitrogens with zero attached hydrogens (tertiary/aromatic N) is 1. The lowest BCUT2D eigenvalue weighted by Crippen LogP contribution is -2.48. The highest BCUT2D eigenvalue weighted by molar-refractivity contribution is 7.89. The standard InChI is InChI=1S/C14H29N3O3S/c1-4-5-10-21(19,20)17-8-6-12(7-9-17)13(18)16-11-14(2,3)15/h12H,4-11,15H2,1-3H3,(H,16,18). The van der Waals surface area contributed by atoms with Crippen molar-refractivity contribution in [1.82, 2.24) is 9.62 Å². The summed E-state index contributed by atoms with van der Waals surface area (Å²) in [6.45, 7) is 7.00. The SMILES string of the molecule is CCCCS(=O)(=O)N1CCC(C(=O)NCC(C)(C)N)CC1. The first-order valence-corrected chi connectivity index (χ1v) is 9.31. The number of nitrogens with one attached hydrogen (secondary N) is 1. The Hall–Kier alpha value is -0.660. The monoisotopic (exact) mass is 319 g/mol. The molecule has 0 unspecified atom stereocenters. The minimum atomic E-state index is -3.15. The van der Waals surface area contributed by atoms with Crippen molar-refractivity contribution in [3.8, 4) is 0 Å². The summed E-state index contributed by atoms with van der Waals surface area (Å²) >= 11 is 0. The Morgan fingerprint density at radius 2 is 1.90 bits per heavy atom. The topological polar surface area (TPSA) is 92.5 Å². The first kappa shape index (κ1) is 18.4. The van der Waals surface area contributed by atoms with E-state index in [1.807, 2.05) is 20.8 Å². The Morgan fingerprint density at radius 1 is 1.33 bits per heavy atom. The fraction of sp³-hybridized carbons (Fsp3) is 0.929. The number of sulfonamides is 1. The zero-order chi connectivity index (χ0) is 16.1. The molecular formula is C14H29N3O3S. The molecule has 7 heteroatoms. The van der Waals surface area contributed by atoms with Gasteiger partial charge >= 0.3 is 0 Å². The second kappa shape index (κ2) is 7.56. The maximum atomic E-state index is 12.1. The predicted molar refractivity (Wildman–Crippen MR) is 84.3 cm³/mol. The van der Waals surface area contributed by atoms with E-state index in [0.717, 1.165) is 6.42 Å². The number of amides is 1. The van der Waals surface area contributed by atoms with Crippen LogP contribution < -0.4 is 11.1 Å². The van der Waals surface area contributed by atoms with Crippen molar-refractivity contribution in [2.45, 2.75) is 52.0 Å². The third-order valence-corrected chi connectivity index (χ3v) is 5.65. The molecular weight excluding hydrogens is 290 g/mol. The molecule has 0 aromatic heterocycles. The minimum Gasteiger partial charge on any atom is -0.354 e. The van der Waals surface area contributed by atoms with Crippen molar-refractivity contribution in [1.29, 1.82) is 0 Å². The van der Waals surface area contributed by atoms with Gasteiger partial charge in [0.25, 0.3) is 0 Å². The van der Waals surface area contributed by atoms with E-state index >= 15 is 0 Å². The molecule has 1 aliphatic heterocycles. The molecule has 0 aliphatic carbocycles. The van der Waals surface area contributed by atoms with E-state index < -0.39 is 15.6 Å². The Morgan fingerprint density at radius 3 is 2.38 bits per heavy atom. The fourth-order valence-electron chi connectivity index (χ4n) is 2.31. The molecule has 1 amide bonds. The third-order valence-electron chi connectivity index (χ3n) is 3.69. The summed E-state index contributed by atoms with van der Waals surface area (Å²) in [5.41, 5.74) is 5.41. The molecule has 0 spiro atoms. The molecule has 0 saturated carbocycles. The summed E-state index contributed by atoms with van der Waals surface area (Å²) in [5, 5.41) is 2.85. The Balaban J connectivity index is 2.43. The lowest BCUT2D eigenvalue weighted by Gasteiger charge is -2.31. The number of piperidine rings is 1. The highest BCUT2D eigenvalue weighted by atomic mass is 32.2. The molecule has 1 heterocycles. The van der Waals surface area contributed by atoms with Crippen molar-refractivity contribution >= 4 is 15.9 Å². The molecule has 3 N–H and O–H groups in total. The van der Waals surface area contributed by atoms with E-state index in [2.05, 4.69) is 5.32 Å². The molecule has 1 rings (SSSR count). The average molecular weight is 319 g/mol. The van der Waals surface area contributed by atoms with Gasteiger partial charge in [-0.2, -0.15) is 0 Å². The number of carbonyl (C=O) groups excluding carboxylic acids is 1. The number of hydrogen-bond donors (Lipinski definition) is 2. The molecule has 1 aliphatic rings. The lowest BCUT2D eigenvalue weighted by molar-refractivity contribution is -0.126. The molecule has 0 aromatic rings. The van der Waals surface area contributed by atoms with Crippen LogP contribution in [0.15, 0.2) is 0 Å². The zero-order valence-electron chi connectivity index (χ0n) is 13.4. The molecule has 1 fully saturated rings. The highest BCUT2D eigenvalue weighted by Crippen LogP contribution is 2.20. The summed E-state index contributed by atoms with van der Waals surface area (Å²) in [6, 6.07) is 0. The van der Waals surface area contributed by atoms with Crippen LogP contribution in [0.1, 0.15) is 46.5 Å². The van der Waals surface area contributed by atoms with Gasteiger partial charge in [-0.25, -0.2) is 12.7 Å². The Labute approximate surface area is 128 Å².